The molecule has 0 saturated carbocycles. The van der Waals surface area contributed by atoms with Crippen LogP contribution in [0, 0.1) is 0 Å². The van der Waals surface area contributed by atoms with Crippen molar-refractivity contribution in [3.05, 3.63) is 30.6 Å². The number of pyridine rings is 1. The van der Waals surface area contributed by atoms with Gasteiger partial charge in [-0.15, -0.1) is 0 Å². The zero-order chi connectivity index (χ0) is 14.2. The number of aliphatic hydroxyl groups is 1. The van der Waals surface area contributed by atoms with Gasteiger partial charge in [-0.1, -0.05) is 0 Å². The molecule has 0 bridgehead atoms. The van der Waals surface area contributed by atoms with Gasteiger partial charge < -0.3 is 16.2 Å². The van der Waals surface area contributed by atoms with Crippen LogP contribution in [0.5, 0.6) is 0 Å². The Balaban J connectivity index is 1.97. The standard InChI is InChI=1S/C14H19N5O/c15-14-18-8-5-12(19-14)11-4-7-17-13(10-11)16-6-2-1-3-9-20/h4-5,7-8,10,20H,1-3,6,9H2,(H,16,17)(H2,15,18,19). The molecule has 0 fully saturated rings. The summed E-state index contributed by atoms with van der Waals surface area (Å²) in [4.78, 5) is 12.3. The Hall–Kier alpha value is -2.21. The lowest BCUT2D eigenvalue weighted by molar-refractivity contribution is 0.283. The number of nitrogens with two attached hydrogens (primary N) is 1. The number of anilines is 2. The molecule has 106 valence electrons. The van der Waals surface area contributed by atoms with Crippen molar-refractivity contribution in [3.63, 3.8) is 0 Å². The SMILES string of the molecule is Nc1nccc(-c2ccnc(NCCCCCO)c2)n1. The fourth-order valence-corrected chi connectivity index (χ4v) is 1.85. The van der Waals surface area contributed by atoms with Crippen LogP contribution in [-0.2, 0) is 0 Å². The maximum absolute atomic E-state index is 8.71. The quantitative estimate of drug-likeness (QED) is 0.664. The number of aliphatic hydroxyl groups excluding tert-OH is 1. The van der Waals surface area contributed by atoms with Crippen LogP contribution in [0.2, 0.25) is 0 Å². The molecule has 2 aromatic rings. The third-order valence-electron chi connectivity index (χ3n) is 2.87. The van der Waals surface area contributed by atoms with Crippen LogP contribution in [0.3, 0.4) is 0 Å². The summed E-state index contributed by atoms with van der Waals surface area (Å²) in [6.45, 7) is 1.09. The van der Waals surface area contributed by atoms with Crippen LogP contribution in [-0.4, -0.2) is 33.2 Å². The fourth-order valence-electron chi connectivity index (χ4n) is 1.85. The molecule has 2 aromatic heterocycles. The van der Waals surface area contributed by atoms with Gasteiger partial charge in [-0.3, -0.25) is 0 Å². The van der Waals surface area contributed by atoms with Crippen molar-refractivity contribution in [2.75, 3.05) is 24.2 Å². The van der Waals surface area contributed by atoms with Crippen molar-refractivity contribution in [3.8, 4) is 11.3 Å². The fraction of sp³-hybridized carbons (Fsp3) is 0.357. The molecule has 0 saturated heterocycles. The molecule has 0 spiro atoms. The van der Waals surface area contributed by atoms with E-state index in [2.05, 4.69) is 20.3 Å². The van der Waals surface area contributed by atoms with Crippen LogP contribution in [0.1, 0.15) is 19.3 Å². The zero-order valence-electron chi connectivity index (χ0n) is 11.3. The molecule has 0 aromatic carbocycles. The molecule has 0 unspecified atom stereocenters. The van der Waals surface area contributed by atoms with Crippen LogP contribution in [0.4, 0.5) is 11.8 Å². The predicted octanol–water partition coefficient (Wildman–Crippen LogP) is 1.70. The monoisotopic (exact) mass is 273 g/mol. The van der Waals surface area contributed by atoms with E-state index < -0.39 is 0 Å². The van der Waals surface area contributed by atoms with Gasteiger partial charge in [0.25, 0.3) is 0 Å². The van der Waals surface area contributed by atoms with Crippen LogP contribution >= 0.6 is 0 Å². The van der Waals surface area contributed by atoms with E-state index in [0.29, 0.717) is 0 Å². The minimum atomic E-state index is 0.253. The molecule has 4 N–H and O–H groups in total. The highest BCUT2D eigenvalue weighted by molar-refractivity contribution is 5.63. The molecule has 0 aliphatic heterocycles. The average molecular weight is 273 g/mol. The van der Waals surface area contributed by atoms with Crippen molar-refractivity contribution in [2.24, 2.45) is 0 Å². The maximum Gasteiger partial charge on any atom is 0.220 e. The minimum absolute atomic E-state index is 0.253. The molecule has 2 heterocycles. The Morgan fingerprint density at radius 3 is 2.75 bits per heavy atom. The first-order chi connectivity index (χ1) is 9.79. The Morgan fingerprint density at radius 2 is 1.95 bits per heavy atom. The van der Waals surface area contributed by atoms with Gasteiger partial charge in [-0.2, -0.15) is 0 Å². The van der Waals surface area contributed by atoms with E-state index in [1.165, 1.54) is 0 Å². The van der Waals surface area contributed by atoms with Gasteiger partial charge >= 0.3 is 0 Å². The molecule has 2 rings (SSSR count). The van der Waals surface area contributed by atoms with Crippen molar-refractivity contribution in [1.82, 2.24) is 15.0 Å². The van der Waals surface area contributed by atoms with E-state index in [4.69, 9.17) is 10.8 Å². The minimum Gasteiger partial charge on any atom is -0.396 e. The lowest BCUT2D eigenvalue weighted by atomic mass is 10.2. The highest BCUT2D eigenvalue weighted by Crippen LogP contribution is 2.19. The molecule has 0 radical (unpaired) electrons. The van der Waals surface area contributed by atoms with Gasteiger partial charge in [-0.25, -0.2) is 15.0 Å². The number of aromatic nitrogens is 3. The van der Waals surface area contributed by atoms with Gasteiger partial charge in [0.15, 0.2) is 0 Å². The molecule has 0 atom stereocenters. The Labute approximate surface area is 118 Å². The van der Waals surface area contributed by atoms with Crippen LogP contribution in [0.25, 0.3) is 11.3 Å². The predicted molar refractivity (Wildman–Crippen MR) is 79.1 cm³/mol. The number of nitrogen functional groups attached to an aromatic ring is 1. The number of rotatable bonds is 7. The number of hydrogen-bond donors (Lipinski definition) is 3. The largest absolute Gasteiger partial charge is 0.396 e. The Kier molecular flexibility index (Phi) is 5.25. The molecular formula is C14H19N5O. The molecule has 6 nitrogen and oxygen atoms in total. The van der Waals surface area contributed by atoms with Gasteiger partial charge in [0.2, 0.25) is 5.95 Å². The normalized spacial score (nSPS) is 10.4. The van der Waals surface area contributed by atoms with Crippen molar-refractivity contribution >= 4 is 11.8 Å². The lowest BCUT2D eigenvalue weighted by Crippen LogP contribution is -2.03. The van der Waals surface area contributed by atoms with Crippen LogP contribution in [0.15, 0.2) is 30.6 Å². The van der Waals surface area contributed by atoms with Gasteiger partial charge in [0.05, 0.1) is 5.69 Å². The van der Waals surface area contributed by atoms with Gasteiger partial charge in [-0.05, 0) is 37.5 Å². The summed E-state index contributed by atoms with van der Waals surface area (Å²) in [6.07, 6.45) is 6.23. The highest BCUT2D eigenvalue weighted by atomic mass is 16.2. The number of nitrogens with zero attached hydrogens (tertiary/aromatic N) is 3. The number of unbranched alkanes of at least 4 members (excludes halogenated alkanes) is 2. The van der Waals surface area contributed by atoms with E-state index in [1.54, 1.807) is 12.4 Å². The van der Waals surface area contributed by atoms with Gasteiger partial charge in [0.1, 0.15) is 5.82 Å². The second kappa shape index (κ2) is 7.40. The van der Waals surface area contributed by atoms with E-state index in [9.17, 15) is 0 Å². The van der Waals surface area contributed by atoms with Crippen molar-refractivity contribution < 1.29 is 5.11 Å². The van der Waals surface area contributed by atoms with E-state index in [0.717, 1.165) is 42.9 Å². The Bertz CT molecular complexity index is 547. The second-order valence-corrected chi connectivity index (χ2v) is 4.44. The summed E-state index contributed by atoms with van der Waals surface area (Å²) >= 11 is 0. The van der Waals surface area contributed by atoms with E-state index >= 15 is 0 Å². The van der Waals surface area contributed by atoms with Crippen molar-refractivity contribution in [1.29, 1.82) is 0 Å². The summed E-state index contributed by atoms with van der Waals surface area (Å²) in [6, 6.07) is 5.64. The molecule has 20 heavy (non-hydrogen) atoms. The lowest BCUT2D eigenvalue weighted by Gasteiger charge is -2.07. The van der Waals surface area contributed by atoms with Crippen molar-refractivity contribution in [2.45, 2.75) is 19.3 Å². The second-order valence-electron chi connectivity index (χ2n) is 4.44. The van der Waals surface area contributed by atoms with Gasteiger partial charge in [0, 0.05) is 31.1 Å². The summed E-state index contributed by atoms with van der Waals surface area (Å²) in [5.41, 5.74) is 7.32. The van der Waals surface area contributed by atoms with E-state index in [1.807, 2.05) is 18.2 Å². The summed E-state index contributed by atoms with van der Waals surface area (Å²) in [7, 11) is 0. The highest BCUT2D eigenvalue weighted by Gasteiger charge is 2.02. The maximum atomic E-state index is 8.71. The molecule has 0 aliphatic carbocycles. The number of hydrogen-bond acceptors (Lipinski definition) is 6. The first-order valence-corrected chi connectivity index (χ1v) is 6.69. The first kappa shape index (κ1) is 14.2. The third-order valence-corrected chi connectivity index (χ3v) is 2.87. The molecule has 0 amide bonds. The first-order valence-electron chi connectivity index (χ1n) is 6.69. The number of nitrogens with one attached hydrogen (secondary N) is 1. The molecular weight excluding hydrogens is 254 g/mol. The van der Waals surface area contributed by atoms with Crippen LogP contribution < -0.4 is 11.1 Å². The molecule has 6 heteroatoms. The Morgan fingerprint density at radius 1 is 1.10 bits per heavy atom. The molecule has 0 aliphatic rings. The summed E-state index contributed by atoms with van der Waals surface area (Å²) < 4.78 is 0. The third kappa shape index (κ3) is 4.17. The summed E-state index contributed by atoms with van der Waals surface area (Å²) in [5, 5.41) is 12.0. The smallest absolute Gasteiger partial charge is 0.220 e. The van der Waals surface area contributed by atoms with E-state index in [-0.39, 0.29) is 12.6 Å². The zero-order valence-corrected chi connectivity index (χ0v) is 11.3. The summed E-state index contributed by atoms with van der Waals surface area (Å²) in [5.74, 6) is 1.07. The average Bonchev–Trinajstić information content (AvgIpc) is 2.47. The topological polar surface area (TPSA) is 97.0 Å².